The first-order valence-corrected chi connectivity index (χ1v) is 6.20. The highest BCUT2D eigenvalue weighted by Gasteiger charge is 2.01. The maximum Gasteiger partial charge on any atom is 0.0948 e. The van der Waals surface area contributed by atoms with Crippen molar-refractivity contribution < 1.29 is 4.21 Å². The second-order valence-electron chi connectivity index (χ2n) is 2.64. The summed E-state index contributed by atoms with van der Waals surface area (Å²) in [6.07, 6.45) is 3.46. The average Bonchev–Trinajstić information content (AvgIpc) is 2.61. The van der Waals surface area contributed by atoms with Crippen molar-refractivity contribution in [3.05, 3.63) is 18.2 Å². The van der Waals surface area contributed by atoms with Gasteiger partial charge in [0.25, 0.3) is 0 Å². The summed E-state index contributed by atoms with van der Waals surface area (Å²) < 4.78 is 13.1. The van der Waals surface area contributed by atoms with Crippen molar-refractivity contribution >= 4 is 22.4 Å². The lowest BCUT2D eigenvalue weighted by Crippen LogP contribution is -2.09. The largest absolute Gasteiger partial charge is 0.333 e. The predicted octanol–water partition coefficient (Wildman–Crippen LogP) is 1.39. The van der Waals surface area contributed by atoms with E-state index in [1.165, 1.54) is 0 Å². The van der Waals surface area contributed by atoms with E-state index in [2.05, 4.69) is 4.98 Å². The molecule has 0 N–H and O–H groups in total. The molecule has 0 amide bonds. The van der Waals surface area contributed by atoms with E-state index >= 15 is 0 Å². The fraction of sp³-hybridized carbons (Fsp3) is 0.625. The van der Waals surface area contributed by atoms with Gasteiger partial charge in [0, 0.05) is 35.0 Å². The highest BCUT2D eigenvalue weighted by molar-refractivity contribution is 7.84. The molecule has 1 atom stereocenters. The van der Waals surface area contributed by atoms with E-state index in [1.54, 1.807) is 12.5 Å². The standard InChI is InChI=1S/C8H13ClN2OS/c1-2-13(12)4-3-11-7-10-6-8(11)5-9/h6-7H,2-5H2,1H3. The van der Waals surface area contributed by atoms with Crippen LogP contribution in [0.3, 0.4) is 0 Å². The molecule has 1 aromatic heterocycles. The third-order valence-corrected chi connectivity index (χ3v) is 3.37. The molecule has 0 saturated heterocycles. The zero-order valence-electron chi connectivity index (χ0n) is 7.57. The first kappa shape index (κ1) is 10.7. The first-order valence-electron chi connectivity index (χ1n) is 4.18. The summed E-state index contributed by atoms with van der Waals surface area (Å²) in [5.74, 6) is 1.85. The average molecular weight is 221 g/mol. The Morgan fingerprint density at radius 2 is 2.46 bits per heavy atom. The summed E-state index contributed by atoms with van der Waals surface area (Å²) in [4.78, 5) is 3.98. The molecule has 0 aliphatic rings. The minimum atomic E-state index is -0.714. The second-order valence-corrected chi connectivity index (χ2v) is 4.78. The number of nitrogens with zero attached hydrogens (tertiary/aromatic N) is 2. The van der Waals surface area contributed by atoms with Gasteiger partial charge in [0.2, 0.25) is 0 Å². The SMILES string of the molecule is CCS(=O)CCn1cncc1CCl. The number of imidazole rings is 1. The third kappa shape index (κ3) is 3.12. The summed E-state index contributed by atoms with van der Waals surface area (Å²) in [5.41, 5.74) is 0.981. The fourth-order valence-corrected chi connectivity index (χ4v) is 1.92. The molecule has 1 unspecified atom stereocenters. The quantitative estimate of drug-likeness (QED) is 0.703. The van der Waals surface area contributed by atoms with Crippen LogP contribution in [0.25, 0.3) is 0 Å². The van der Waals surface area contributed by atoms with E-state index in [0.717, 1.165) is 12.2 Å². The van der Waals surface area contributed by atoms with Gasteiger partial charge in [-0.05, 0) is 0 Å². The van der Waals surface area contributed by atoms with E-state index in [-0.39, 0.29) is 0 Å². The number of alkyl halides is 1. The molecule has 0 spiro atoms. The van der Waals surface area contributed by atoms with Crippen molar-refractivity contribution in [2.45, 2.75) is 19.3 Å². The molecule has 1 rings (SSSR count). The molecule has 13 heavy (non-hydrogen) atoms. The summed E-state index contributed by atoms with van der Waals surface area (Å²) in [6, 6.07) is 0. The number of hydrogen-bond acceptors (Lipinski definition) is 2. The highest BCUT2D eigenvalue weighted by Crippen LogP contribution is 2.03. The third-order valence-electron chi connectivity index (χ3n) is 1.82. The molecule has 0 aliphatic heterocycles. The van der Waals surface area contributed by atoms with Crippen LogP contribution < -0.4 is 0 Å². The Bertz CT molecular complexity index is 287. The fourth-order valence-electron chi connectivity index (χ4n) is 1.01. The van der Waals surface area contributed by atoms with Gasteiger partial charge in [-0.15, -0.1) is 11.6 Å². The van der Waals surface area contributed by atoms with E-state index in [0.29, 0.717) is 17.4 Å². The Morgan fingerprint density at radius 3 is 3.08 bits per heavy atom. The molecular weight excluding hydrogens is 208 g/mol. The van der Waals surface area contributed by atoms with E-state index < -0.39 is 10.8 Å². The van der Waals surface area contributed by atoms with Crippen molar-refractivity contribution in [2.75, 3.05) is 11.5 Å². The molecule has 0 bridgehead atoms. The molecule has 3 nitrogen and oxygen atoms in total. The molecule has 5 heteroatoms. The predicted molar refractivity (Wildman–Crippen MR) is 55.3 cm³/mol. The molecule has 74 valence electrons. The number of hydrogen-bond donors (Lipinski definition) is 0. The lowest BCUT2D eigenvalue weighted by atomic mass is 10.5. The van der Waals surface area contributed by atoms with Crippen molar-refractivity contribution in [2.24, 2.45) is 0 Å². The van der Waals surface area contributed by atoms with Crippen LogP contribution in [0.5, 0.6) is 0 Å². The summed E-state index contributed by atoms with van der Waals surface area (Å²) in [7, 11) is -0.714. The number of aromatic nitrogens is 2. The second kappa shape index (κ2) is 5.40. The maximum atomic E-state index is 11.2. The van der Waals surface area contributed by atoms with Crippen LogP contribution in [0.4, 0.5) is 0 Å². The van der Waals surface area contributed by atoms with Crippen LogP contribution in [0, 0.1) is 0 Å². The van der Waals surface area contributed by atoms with Gasteiger partial charge in [-0.1, -0.05) is 6.92 Å². The Morgan fingerprint density at radius 1 is 1.69 bits per heavy atom. The summed E-state index contributed by atoms with van der Waals surface area (Å²) in [5, 5.41) is 0. The van der Waals surface area contributed by atoms with Crippen LogP contribution in [0.2, 0.25) is 0 Å². The molecule has 0 saturated carbocycles. The lowest BCUT2D eigenvalue weighted by Gasteiger charge is -2.04. The van der Waals surface area contributed by atoms with Gasteiger partial charge < -0.3 is 4.57 Å². The van der Waals surface area contributed by atoms with E-state index in [1.807, 2.05) is 11.5 Å². The van der Waals surface area contributed by atoms with Gasteiger partial charge in [-0.3, -0.25) is 4.21 Å². The Kier molecular flexibility index (Phi) is 4.45. The van der Waals surface area contributed by atoms with Crippen LogP contribution in [-0.4, -0.2) is 25.3 Å². The van der Waals surface area contributed by atoms with Crippen molar-refractivity contribution in [1.29, 1.82) is 0 Å². The van der Waals surface area contributed by atoms with E-state index in [4.69, 9.17) is 11.6 Å². The molecule has 0 radical (unpaired) electrons. The van der Waals surface area contributed by atoms with Gasteiger partial charge in [-0.2, -0.15) is 0 Å². The van der Waals surface area contributed by atoms with Gasteiger partial charge in [-0.25, -0.2) is 4.98 Å². The molecule has 0 fully saturated rings. The van der Waals surface area contributed by atoms with E-state index in [9.17, 15) is 4.21 Å². The van der Waals surface area contributed by atoms with Gasteiger partial charge in [0.1, 0.15) is 0 Å². The zero-order chi connectivity index (χ0) is 9.68. The Labute approximate surface area is 85.6 Å². The van der Waals surface area contributed by atoms with Gasteiger partial charge >= 0.3 is 0 Å². The Balaban J connectivity index is 2.49. The van der Waals surface area contributed by atoms with Crippen LogP contribution in [-0.2, 0) is 23.2 Å². The van der Waals surface area contributed by atoms with Crippen molar-refractivity contribution in [3.8, 4) is 0 Å². The lowest BCUT2D eigenvalue weighted by molar-refractivity contribution is 0.671. The first-order chi connectivity index (χ1) is 6.27. The summed E-state index contributed by atoms with van der Waals surface area (Å²) in [6.45, 7) is 2.66. The van der Waals surface area contributed by atoms with Crippen molar-refractivity contribution in [3.63, 3.8) is 0 Å². The molecule has 0 aliphatic carbocycles. The van der Waals surface area contributed by atoms with Gasteiger partial charge in [0.05, 0.1) is 17.9 Å². The maximum absolute atomic E-state index is 11.2. The normalized spacial score (nSPS) is 13.1. The topological polar surface area (TPSA) is 34.9 Å². The molecule has 1 heterocycles. The Hall–Kier alpha value is -0.350. The van der Waals surface area contributed by atoms with Crippen LogP contribution in [0.1, 0.15) is 12.6 Å². The molecule has 1 aromatic rings. The van der Waals surface area contributed by atoms with Crippen molar-refractivity contribution in [1.82, 2.24) is 9.55 Å². The number of halogens is 1. The summed E-state index contributed by atoms with van der Waals surface area (Å²) >= 11 is 5.69. The smallest absolute Gasteiger partial charge is 0.0948 e. The van der Waals surface area contributed by atoms with Crippen LogP contribution in [0.15, 0.2) is 12.5 Å². The van der Waals surface area contributed by atoms with Gasteiger partial charge in [0.15, 0.2) is 0 Å². The van der Waals surface area contributed by atoms with Crippen LogP contribution >= 0.6 is 11.6 Å². The molecular formula is C8H13ClN2OS. The zero-order valence-corrected chi connectivity index (χ0v) is 9.14. The monoisotopic (exact) mass is 220 g/mol. The highest BCUT2D eigenvalue weighted by atomic mass is 35.5. The minimum absolute atomic E-state index is 0.457. The number of rotatable bonds is 5. The molecule has 0 aromatic carbocycles. The number of aryl methyl sites for hydroxylation is 1. The minimum Gasteiger partial charge on any atom is -0.333 e.